The highest BCUT2D eigenvalue weighted by molar-refractivity contribution is 8.00. The summed E-state index contributed by atoms with van der Waals surface area (Å²) in [7, 11) is 0. The molecule has 0 unspecified atom stereocenters. The smallest absolute Gasteiger partial charge is 0.325 e. The standard InChI is InChI=1S/C15H15F3N4O2S/c1-8(25-14-21-20-13(24)22(14)11-5-6-11)12(23)19-10-4-2-3-9(7-10)15(16,17)18/h2-4,7-8,11H,5-6H2,1H3,(H,19,23)(H,20,24)/t8-/m1/s1. The number of alkyl halides is 3. The van der Waals surface area contributed by atoms with Crippen LogP contribution in [0.15, 0.2) is 34.2 Å². The topological polar surface area (TPSA) is 79.8 Å². The second-order valence-corrected chi connectivity index (χ2v) is 7.05. The van der Waals surface area contributed by atoms with Crippen LogP contribution in [0.4, 0.5) is 18.9 Å². The molecule has 1 aromatic heterocycles. The van der Waals surface area contributed by atoms with Crippen LogP contribution in [0, 0.1) is 0 Å². The van der Waals surface area contributed by atoms with E-state index in [-0.39, 0.29) is 17.4 Å². The van der Waals surface area contributed by atoms with Crippen LogP contribution in [-0.4, -0.2) is 25.9 Å². The first-order valence-corrected chi connectivity index (χ1v) is 8.45. The summed E-state index contributed by atoms with van der Waals surface area (Å²) in [6.45, 7) is 1.60. The first kappa shape index (κ1) is 17.6. The van der Waals surface area contributed by atoms with Crippen molar-refractivity contribution in [1.82, 2.24) is 14.8 Å². The highest BCUT2D eigenvalue weighted by Crippen LogP contribution is 2.37. The maximum Gasteiger partial charge on any atom is 0.416 e. The SMILES string of the molecule is C[C@@H](Sc1n[nH]c(=O)n1C1CC1)C(=O)Nc1cccc(C(F)(F)F)c1. The number of rotatable bonds is 5. The van der Waals surface area contributed by atoms with E-state index in [2.05, 4.69) is 15.5 Å². The lowest BCUT2D eigenvalue weighted by Crippen LogP contribution is -2.24. The molecule has 10 heteroatoms. The molecule has 1 atom stereocenters. The van der Waals surface area contributed by atoms with E-state index >= 15 is 0 Å². The first-order chi connectivity index (χ1) is 11.8. The summed E-state index contributed by atoms with van der Waals surface area (Å²) in [4.78, 5) is 24.0. The average Bonchev–Trinajstić information content (AvgIpc) is 3.31. The lowest BCUT2D eigenvalue weighted by atomic mass is 10.2. The van der Waals surface area contributed by atoms with Crippen molar-refractivity contribution < 1.29 is 18.0 Å². The summed E-state index contributed by atoms with van der Waals surface area (Å²) in [6, 6.07) is 4.54. The number of hydrogen-bond donors (Lipinski definition) is 2. The lowest BCUT2D eigenvalue weighted by Gasteiger charge is -2.13. The van der Waals surface area contributed by atoms with E-state index in [1.165, 1.54) is 16.7 Å². The number of halogens is 3. The predicted octanol–water partition coefficient (Wildman–Crippen LogP) is 3.04. The van der Waals surface area contributed by atoms with Gasteiger partial charge in [-0.3, -0.25) is 9.36 Å². The quantitative estimate of drug-likeness (QED) is 0.791. The number of hydrogen-bond acceptors (Lipinski definition) is 4. The van der Waals surface area contributed by atoms with E-state index in [0.29, 0.717) is 5.16 Å². The summed E-state index contributed by atoms with van der Waals surface area (Å²) < 4.78 is 39.7. The number of benzene rings is 1. The fraction of sp³-hybridized carbons (Fsp3) is 0.400. The van der Waals surface area contributed by atoms with Crippen molar-refractivity contribution in [2.75, 3.05) is 5.32 Å². The Bertz CT molecular complexity index is 842. The van der Waals surface area contributed by atoms with E-state index in [1.807, 2.05) is 0 Å². The molecular formula is C15H15F3N4O2S. The Hall–Kier alpha value is -2.23. The number of nitrogens with one attached hydrogen (secondary N) is 2. The zero-order valence-corrected chi connectivity index (χ0v) is 13.9. The Kier molecular flexibility index (Phi) is 4.63. The van der Waals surface area contributed by atoms with Gasteiger partial charge in [-0.25, -0.2) is 9.89 Å². The van der Waals surface area contributed by atoms with Gasteiger partial charge in [0.2, 0.25) is 5.91 Å². The van der Waals surface area contributed by atoms with E-state index in [0.717, 1.165) is 36.7 Å². The number of aromatic nitrogens is 3. The molecule has 25 heavy (non-hydrogen) atoms. The van der Waals surface area contributed by atoms with E-state index in [4.69, 9.17) is 0 Å². The minimum absolute atomic E-state index is 0.0638. The second-order valence-electron chi connectivity index (χ2n) is 5.74. The summed E-state index contributed by atoms with van der Waals surface area (Å²) in [5.74, 6) is -0.470. The molecule has 1 aliphatic rings. The molecule has 0 radical (unpaired) electrons. The van der Waals surface area contributed by atoms with Crippen LogP contribution in [0.25, 0.3) is 0 Å². The van der Waals surface area contributed by atoms with Crippen molar-refractivity contribution in [3.8, 4) is 0 Å². The van der Waals surface area contributed by atoms with Gasteiger partial charge in [0.25, 0.3) is 0 Å². The molecule has 1 fully saturated rings. The molecule has 0 spiro atoms. The molecule has 0 saturated heterocycles. The Labute approximate surface area is 144 Å². The third-order valence-corrected chi connectivity index (χ3v) is 4.76. The number of carbonyl (C=O) groups excluding carboxylic acids is 1. The number of anilines is 1. The number of H-pyrrole nitrogens is 1. The highest BCUT2D eigenvalue weighted by Gasteiger charge is 2.31. The third kappa shape index (κ3) is 4.06. The van der Waals surface area contributed by atoms with Gasteiger partial charge in [0.05, 0.1) is 10.8 Å². The molecule has 2 N–H and O–H groups in total. The van der Waals surface area contributed by atoms with Crippen LogP contribution in [-0.2, 0) is 11.0 Å². The Balaban J connectivity index is 1.68. The maximum atomic E-state index is 12.7. The van der Waals surface area contributed by atoms with Crippen LogP contribution in [0.3, 0.4) is 0 Å². The molecule has 1 amide bonds. The minimum atomic E-state index is -4.48. The van der Waals surface area contributed by atoms with Gasteiger partial charge in [-0.2, -0.15) is 13.2 Å². The van der Waals surface area contributed by atoms with Crippen LogP contribution in [0.2, 0.25) is 0 Å². The molecule has 1 aliphatic carbocycles. The van der Waals surface area contributed by atoms with E-state index in [1.54, 1.807) is 6.92 Å². The molecule has 1 saturated carbocycles. The van der Waals surface area contributed by atoms with Crippen molar-refractivity contribution in [2.45, 2.75) is 42.4 Å². The molecule has 6 nitrogen and oxygen atoms in total. The lowest BCUT2D eigenvalue weighted by molar-refractivity contribution is -0.137. The summed E-state index contributed by atoms with van der Waals surface area (Å²) in [6.07, 6.45) is -2.70. The fourth-order valence-electron chi connectivity index (χ4n) is 2.26. The molecule has 0 bridgehead atoms. The first-order valence-electron chi connectivity index (χ1n) is 7.57. The normalized spacial score (nSPS) is 15.8. The van der Waals surface area contributed by atoms with Crippen molar-refractivity contribution >= 4 is 23.4 Å². The number of carbonyl (C=O) groups is 1. The largest absolute Gasteiger partial charge is 0.416 e. The molecular weight excluding hydrogens is 357 g/mol. The summed E-state index contributed by atoms with van der Waals surface area (Å²) >= 11 is 1.08. The van der Waals surface area contributed by atoms with Gasteiger partial charge < -0.3 is 5.32 Å². The van der Waals surface area contributed by atoms with Gasteiger partial charge in [-0.05, 0) is 38.0 Å². The van der Waals surface area contributed by atoms with Gasteiger partial charge in [0.1, 0.15) is 0 Å². The van der Waals surface area contributed by atoms with Crippen molar-refractivity contribution in [1.29, 1.82) is 0 Å². The third-order valence-electron chi connectivity index (χ3n) is 3.69. The Morgan fingerprint density at radius 3 is 2.80 bits per heavy atom. The Morgan fingerprint density at radius 2 is 2.16 bits per heavy atom. The molecule has 1 heterocycles. The van der Waals surface area contributed by atoms with Crippen LogP contribution in [0.5, 0.6) is 0 Å². The zero-order valence-electron chi connectivity index (χ0n) is 13.1. The number of thioether (sulfide) groups is 1. The van der Waals surface area contributed by atoms with Crippen molar-refractivity contribution in [3.63, 3.8) is 0 Å². The van der Waals surface area contributed by atoms with Crippen LogP contribution in [0.1, 0.15) is 31.4 Å². The van der Waals surface area contributed by atoms with E-state index < -0.39 is 22.9 Å². The van der Waals surface area contributed by atoms with Gasteiger partial charge in [0, 0.05) is 11.7 Å². The van der Waals surface area contributed by atoms with Gasteiger partial charge in [-0.1, -0.05) is 17.8 Å². The maximum absolute atomic E-state index is 12.7. The monoisotopic (exact) mass is 372 g/mol. The summed E-state index contributed by atoms with van der Waals surface area (Å²) in [5.41, 5.74) is -1.09. The number of nitrogens with zero attached hydrogens (tertiary/aromatic N) is 2. The fourth-order valence-corrected chi connectivity index (χ4v) is 3.18. The second kappa shape index (κ2) is 6.58. The number of aromatic amines is 1. The Morgan fingerprint density at radius 1 is 1.44 bits per heavy atom. The predicted molar refractivity (Wildman–Crippen MR) is 86.5 cm³/mol. The molecule has 2 aromatic rings. The molecule has 3 rings (SSSR count). The van der Waals surface area contributed by atoms with Crippen molar-refractivity contribution in [2.24, 2.45) is 0 Å². The minimum Gasteiger partial charge on any atom is -0.325 e. The van der Waals surface area contributed by atoms with Crippen LogP contribution < -0.4 is 11.0 Å². The zero-order chi connectivity index (χ0) is 18.2. The molecule has 0 aliphatic heterocycles. The molecule has 134 valence electrons. The average molecular weight is 372 g/mol. The van der Waals surface area contributed by atoms with Gasteiger partial charge >= 0.3 is 11.9 Å². The van der Waals surface area contributed by atoms with Crippen molar-refractivity contribution in [3.05, 3.63) is 40.3 Å². The summed E-state index contributed by atoms with van der Waals surface area (Å²) in [5, 5.41) is 8.49. The van der Waals surface area contributed by atoms with Gasteiger partial charge in [-0.15, -0.1) is 5.10 Å². The van der Waals surface area contributed by atoms with E-state index in [9.17, 15) is 22.8 Å². The molecule has 1 aromatic carbocycles. The van der Waals surface area contributed by atoms with Gasteiger partial charge in [0.15, 0.2) is 5.16 Å². The van der Waals surface area contributed by atoms with Crippen LogP contribution >= 0.6 is 11.8 Å². The number of amides is 1. The highest BCUT2D eigenvalue weighted by atomic mass is 32.2.